The average Bonchev–Trinajstić information content (AvgIpc) is 2.80. The third kappa shape index (κ3) is 5.37. The molecule has 1 N–H and O–H groups in total. The van der Waals surface area contributed by atoms with Gasteiger partial charge in [-0.15, -0.1) is 0 Å². The second-order valence-electron chi connectivity index (χ2n) is 8.15. The normalized spacial score (nSPS) is 14.6. The number of rotatable bonds is 8. The third-order valence-electron chi connectivity index (χ3n) is 5.96. The highest BCUT2D eigenvalue weighted by atomic mass is 35.5. The average molecular weight is 457 g/mol. The molecule has 0 aliphatic carbocycles. The number of carbonyl (C=O) groups excluding carboxylic acids is 1. The second kappa shape index (κ2) is 10.3. The van der Waals surface area contributed by atoms with Gasteiger partial charge < -0.3 is 14.6 Å². The van der Waals surface area contributed by atoms with Crippen LogP contribution < -0.4 is 15.8 Å². The maximum Gasteiger partial charge on any atom is 0.338 e. The number of carbonyl (C=O) groups is 1. The summed E-state index contributed by atoms with van der Waals surface area (Å²) in [7, 11) is 0. The van der Waals surface area contributed by atoms with Crippen LogP contribution in [0.4, 0.5) is 10.1 Å². The zero-order valence-corrected chi connectivity index (χ0v) is 18.5. The standard InChI is InChI=1S/C25H26ClFN2O3/c26-18-6-9-24-21(15-18)22(16-25(31)32-24)29(20-10-12-28-13-11-20)14-2-1-3-23(30)17-4-7-19(27)8-5-17/h4-9,15-16,20,28H,1-3,10-14H2. The molecule has 2 heterocycles. The van der Waals surface area contributed by atoms with Crippen molar-refractivity contribution in [2.24, 2.45) is 0 Å². The lowest BCUT2D eigenvalue weighted by Crippen LogP contribution is -2.44. The summed E-state index contributed by atoms with van der Waals surface area (Å²) in [5, 5.41) is 4.79. The van der Waals surface area contributed by atoms with E-state index in [1.807, 2.05) is 6.07 Å². The summed E-state index contributed by atoms with van der Waals surface area (Å²) in [4.78, 5) is 27.0. The van der Waals surface area contributed by atoms with Crippen molar-refractivity contribution in [2.75, 3.05) is 24.5 Å². The number of piperidine rings is 1. The van der Waals surface area contributed by atoms with Gasteiger partial charge >= 0.3 is 5.63 Å². The van der Waals surface area contributed by atoms with Gasteiger partial charge in [-0.05, 0) is 81.2 Å². The van der Waals surface area contributed by atoms with Gasteiger partial charge in [-0.25, -0.2) is 9.18 Å². The molecule has 0 amide bonds. The first-order valence-electron chi connectivity index (χ1n) is 11.0. The Bertz CT molecular complexity index is 1140. The topological polar surface area (TPSA) is 62.6 Å². The number of benzene rings is 2. The highest BCUT2D eigenvalue weighted by molar-refractivity contribution is 6.31. The lowest BCUT2D eigenvalue weighted by Gasteiger charge is -2.37. The fraction of sp³-hybridized carbons (Fsp3) is 0.360. The molecule has 32 heavy (non-hydrogen) atoms. The Morgan fingerprint density at radius 3 is 2.59 bits per heavy atom. The molecule has 2 aromatic carbocycles. The van der Waals surface area contributed by atoms with Crippen LogP contribution in [0.15, 0.2) is 57.7 Å². The molecule has 4 rings (SSSR count). The van der Waals surface area contributed by atoms with Crippen molar-refractivity contribution in [1.82, 2.24) is 5.32 Å². The zero-order valence-electron chi connectivity index (χ0n) is 17.8. The van der Waals surface area contributed by atoms with Gasteiger partial charge in [-0.1, -0.05) is 11.6 Å². The largest absolute Gasteiger partial charge is 0.423 e. The Labute approximate surface area is 191 Å². The summed E-state index contributed by atoms with van der Waals surface area (Å²) in [6.07, 6.45) is 3.83. The third-order valence-corrected chi connectivity index (χ3v) is 6.20. The summed E-state index contributed by atoms with van der Waals surface area (Å²) in [6, 6.07) is 12.8. The number of hydrogen-bond donors (Lipinski definition) is 1. The smallest absolute Gasteiger partial charge is 0.338 e. The number of Topliss-reactive ketones (excluding diaryl/α,β-unsaturated/α-hetero) is 1. The fourth-order valence-corrected chi connectivity index (χ4v) is 4.49. The lowest BCUT2D eigenvalue weighted by molar-refractivity contribution is 0.0979. The number of ketones is 1. The summed E-state index contributed by atoms with van der Waals surface area (Å²) >= 11 is 6.24. The number of unbranched alkanes of at least 4 members (excludes halogenated alkanes) is 1. The van der Waals surface area contributed by atoms with E-state index in [-0.39, 0.29) is 23.3 Å². The molecule has 0 unspecified atom stereocenters. The van der Waals surface area contributed by atoms with Gasteiger partial charge in [0.2, 0.25) is 0 Å². The number of fused-ring (bicyclic) bond motifs is 1. The lowest BCUT2D eigenvalue weighted by atomic mass is 10.0. The van der Waals surface area contributed by atoms with Crippen molar-refractivity contribution in [1.29, 1.82) is 0 Å². The maximum absolute atomic E-state index is 13.1. The van der Waals surface area contributed by atoms with Crippen LogP contribution in [-0.4, -0.2) is 31.5 Å². The van der Waals surface area contributed by atoms with Crippen LogP contribution in [0.5, 0.6) is 0 Å². The van der Waals surface area contributed by atoms with E-state index in [0.717, 1.165) is 43.4 Å². The molecule has 0 radical (unpaired) electrons. The van der Waals surface area contributed by atoms with Crippen molar-refractivity contribution < 1.29 is 13.6 Å². The zero-order chi connectivity index (χ0) is 22.5. The minimum atomic E-state index is -0.389. The molecule has 168 valence electrons. The minimum Gasteiger partial charge on any atom is -0.423 e. The Kier molecular flexibility index (Phi) is 7.22. The van der Waals surface area contributed by atoms with Crippen LogP contribution in [0.2, 0.25) is 5.02 Å². The molecule has 5 nitrogen and oxygen atoms in total. The first-order valence-corrected chi connectivity index (χ1v) is 11.4. The molecule has 1 aromatic heterocycles. The summed E-state index contributed by atoms with van der Waals surface area (Å²) in [5.74, 6) is -0.338. The molecule has 1 saturated heterocycles. The molecular formula is C25H26ClFN2O3. The van der Waals surface area contributed by atoms with Crippen molar-refractivity contribution >= 4 is 34.0 Å². The van der Waals surface area contributed by atoms with E-state index >= 15 is 0 Å². The van der Waals surface area contributed by atoms with Crippen molar-refractivity contribution in [3.05, 3.63) is 75.4 Å². The van der Waals surface area contributed by atoms with Crippen LogP contribution in [0.1, 0.15) is 42.5 Å². The molecule has 0 atom stereocenters. The summed E-state index contributed by atoms with van der Waals surface area (Å²) < 4.78 is 18.5. The summed E-state index contributed by atoms with van der Waals surface area (Å²) in [5.41, 5.74) is 1.49. The molecule has 3 aromatic rings. The van der Waals surface area contributed by atoms with Crippen LogP contribution in [-0.2, 0) is 0 Å². The van der Waals surface area contributed by atoms with Crippen molar-refractivity contribution in [3.8, 4) is 0 Å². The number of halogens is 2. The predicted octanol–water partition coefficient (Wildman–Crippen LogP) is 5.20. The number of anilines is 1. The fourth-order valence-electron chi connectivity index (χ4n) is 4.32. The van der Waals surface area contributed by atoms with Gasteiger partial charge in [0.15, 0.2) is 5.78 Å². The van der Waals surface area contributed by atoms with Gasteiger partial charge in [0.25, 0.3) is 0 Å². The molecular weight excluding hydrogens is 431 g/mol. The maximum atomic E-state index is 13.1. The Morgan fingerprint density at radius 2 is 1.84 bits per heavy atom. The highest BCUT2D eigenvalue weighted by Crippen LogP contribution is 2.31. The van der Waals surface area contributed by atoms with E-state index in [2.05, 4.69) is 10.2 Å². The van der Waals surface area contributed by atoms with E-state index in [4.69, 9.17) is 16.0 Å². The summed E-state index contributed by atoms with van der Waals surface area (Å²) in [6.45, 7) is 2.56. The van der Waals surface area contributed by atoms with E-state index in [1.54, 1.807) is 18.2 Å². The van der Waals surface area contributed by atoms with Gasteiger partial charge in [-0.3, -0.25) is 4.79 Å². The van der Waals surface area contributed by atoms with Crippen LogP contribution in [0, 0.1) is 5.82 Å². The minimum absolute atomic E-state index is 0.0102. The van der Waals surface area contributed by atoms with Crippen LogP contribution in [0.25, 0.3) is 11.0 Å². The Hall–Kier alpha value is -2.70. The molecule has 0 saturated carbocycles. The molecule has 1 aliphatic rings. The highest BCUT2D eigenvalue weighted by Gasteiger charge is 2.24. The van der Waals surface area contributed by atoms with E-state index in [0.29, 0.717) is 35.6 Å². The van der Waals surface area contributed by atoms with Crippen molar-refractivity contribution in [3.63, 3.8) is 0 Å². The van der Waals surface area contributed by atoms with E-state index in [9.17, 15) is 14.0 Å². The first-order chi connectivity index (χ1) is 15.5. The molecule has 1 aliphatic heterocycles. The quantitative estimate of drug-likeness (QED) is 0.287. The van der Waals surface area contributed by atoms with Gasteiger partial charge in [-0.2, -0.15) is 0 Å². The van der Waals surface area contributed by atoms with E-state index in [1.165, 1.54) is 24.3 Å². The van der Waals surface area contributed by atoms with Gasteiger partial charge in [0.05, 0.1) is 5.69 Å². The van der Waals surface area contributed by atoms with Crippen LogP contribution in [0.3, 0.4) is 0 Å². The molecule has 0 bridgehead atoms. The number of nitrogens with one attached hydrogen (secondary N) is 1. The number of nitrogens with zero attached hydrogens (tertiary/aromatic N) is 1. The molecule has 1 fully saturated rings. The van der Waals surface area contributed by atoms with Crippen LogP contribution >= 0.6 is 11.6 Å². The Balaban J connectivity index is 1.51. The van der Waals surface area contributed by atoms with Gasteiger partial charge in [0.1, 0.15) is 11.4 Å². The molecule has 0 spiro atoms. The SMILES string of the molecule is O=C(CCCCN(c1cc(=O)oc2ccc(Cl)cc12)C1CCNCC1)c1ccc(F)cc1. The molecule has 7 heteroatoms. The predicted molar refractivity (Wildman–Crippen MR) is 125 cm³/mol. The number of hydrogen-bond acceptors (Lipinski definition) is 5. The first kappa shape index (κ1) is 22.5. The second-order valence-corrected chi connectivity index (χ2v) is 8.59. The monoisotopic (exact) mass is 456 g/mol. The van der Waals surface area contributed by atoms with Gasteiger partial charge in [0, 0.05) is 41.0 Å². The van der Waals surface area contributed by atoms with Crippen molar-refractivity contribution in [2.45, 2.75) is 38.1 Å². The van der Waals surface area contributed by atoms with E-state index < -0.39 is 0 Å². The Morgan fingerprint density at radius 1 is 1.09 bits per heavy atom.